The van der Waals surface area contributed by atoms with Gasteiger partial charge in [-0.25, -0.2) is 0 Å². The van der Waals surface area contributed by atoms with Gasteiger partial charge < -0.3 is 5.21 Å². The molecular weight excluding hydrogens is 163 g/mol. The van der Waals surface area contributed by atoms with E-state index >= 15 is 0 Å². The molecule has 0 fully saturated rings. The van der Waals surface area contributed by atoms with E-state index < -0.39 is 0 Å². The third-order valence-electron chi connectivity index (χ3n) is 1.25. The van der Waals surface area contributed by atoms with Crippen LogP contribution >= 0.6 is 0 Å². The van der Waals surface area contributed by atoms with Gasteiger partial charge in [0, 0.05) is 5.56 Å². The maximum absolute atomic E-state index is 8.44. The molecule has 0 atom stereocenters. The van der Waals surface area contributed by atoms with Crippen molar-refractivity contribution in [3.63, 3.8) is 0 Å². The predicted octanol–water partition coefficient (Wildman–Crippen LogP) is 0.740. The minimum absolute atomic E-state index is 0. The zero-order valence-electron chi connectivity index (χ0n) is 5.73. The Morgan fingerprint density at radius 2 is 1.92 bits per heavy atom. The van der Waals surface area contributed by atoms with E-state index in [1.165, 1.54) is 0 Å². The fourth-order valence-corrected chi connectivity index (χ4v) is 0.741. The van der Waals surface area contributed by atoms with Gasteiger partial charge in [0.05, 0.1) is 0 Å². The third kappa shape index (κ3) is 2.67. The van der Waals surface area contributed by atoms with Gasteiger partial charge >= 0.3 is 29.6 Å². The molecule has 12 heavy (non-hydrogen) atoms. The molecule has 1 aromatic carbocycles. The first-order valence-corrected chi connectivity index (χ1v) is 3.06. The van der Waals surface area contributed by atoms with Crippen LogP contribution in [0, 0.1) is 11.3 Å². The molecule has 1 aromatic rings. The van der Waals surface area contributed by atoms with Crippen molar-refractivity contribution in [2.45, 2.75) is 0 Å². The fourth-order valence-electron chi connectivity index (χ4n) is 0.741. The van der Waals surface area contributed by atoms with E-state index in [-0.39, 0.29) is 35.3 Å². The van der Waals surface area contributed by atoms with E-state index in [1.807, 2.05) is 6.07 Å². The number of oxime groups is 1. The van der Waals surface area contributed by atoms with Gasteiger partial charge in [0.1, 0.15) is 6.07 Å². The molecule has 0 saturated heterocycles. The SMILES string of the molecule is N#CC(=NO)c1ccccc1.[NaH]. The number of nitriles is 1. The summed E-state index contributed by atoms with van der Waals surface area (Å²) >= 11 is 0. The number of hydrogen-bond donors (Lipinski definition) is 1. The molecule has 4 heteroatoms. The van der Waals surface area contributed by atoms with Crippen LogP contribution in [0.25, 0.3) is 0 Å². The van der Waals surface area contributed by atoms with Gasteiger partial charge in [-0.05, 0) is 0 Å². The Bertz CT molecular complexity index is 303. The zero-order chi connectivity index (χ0) is 8.10. The first-order chi connectivity index (χ1) is 5.38. The van der Waals surface area contributed by atoms with Crippen LogP contribution in [0.3, 0.4) is 0 Å². The quantitative estimate of drug-likeness (QED) is 0.292. The summed E-state index contributed by atoms with van der Waals surface area (Å²) in [6.07, 6.45) is 0. The molecule has 0 radical (unpaired) electrons. The van der Waals surface area contributed by atoms with Crippen molar-refractivity contribution in [1.29, 1.82) is 5.26 Å². The van der Waals surface area contributed by atoms with E-state index in [0.717, 1.165) is 0 Å². The van der Waals surface area contributed by atoms with E-state index in [2.05, 4.69) is 5.16 Å². The Kier molecular flexibility index (Phi) is 5.39. The molecule has 0 spiro atoms. The summed E-state index contributed by atoms with van der Waals surface area (Å²) in [5, 5.41) is 19.6. The van der Waals surface area contributed by atoms with Crippen LogP contribution in [0.15, 0.2) is 35.5 Å². The van der Waals surface area contributed by atoms with Gasteiger partial charge in [-0.1, -0.05) is 35.5 Å². The summed E-state index contributed by atoms with van der Waals surface area (Å²) in [5.74, 6) is 0. The van der Waals surface area contributed by atoms with Crippen LogP contribution in [0.1, 0.15) is 5.56 Å². The summed E-state index contributed by atoms with van der Waals surface area (Å²) < 4.78 is 0. The van der Waals surface area contributed by atoms with Gasteiger partial charge in [0.25, 0.3) is 0 Å². The van der Waals surface area contributed by atoms with Gasteiger partial charge in [0.2, 0.25) is 0 Å². The third-order valence-corrected chi connectivity index (χ3v) is 1.25. The van der Waals surface area contributed by atoms with Crippen molar-refractivity contribution in [2.24, 2.45) is 5.16 Å². The average molecular weight is 170 g/mol. The molecule has 0 aliphatic carbocycles. The molecular formula is C8H7N2NaO. The molecule has 0 heterocycles. The van der Waals surface area contributed by atoms with Crippen LogP contribution in [-0.4, -0.2) is 40.5 Å². The molecule has 1 rings (SSSR count). The number of nitrogens with zero attached hydrogens (tertiary/aromatic N) is 2. The average Bonchev–Trinajstić information content (AvgIpc) is 2.09. The summed E-state index contributed by atoms with van der Waals surface area (Å²) in [4.78, 5) is 0. The second-order valence-corrected chi connectivity index (χ2v) is 1.93. The second kappa shape index (κ2) is 5.78. The summed E-state index contributed by atoms with van der Waals surface area (Å²) in [5.41, 5.74) is 0.656. The molecule has 0 unspecified atom stereocenters. The molecule has 0 bridgehead atoms. The molecule has 0 amide bonds. The molecule has 3 nitrogen and oxygen atoms in total. The van der Waals surface area contributed by atoms with Crippen molar-refractivity contribution in [1.82, 2.24) is 0 Å². The van der Waals surface area contributed by atoms with Gasteiger partial charge in [-0.2, -0.15) is 5.26 Å². The Balaban J connectivity index is 0.00000121. The number of hydrogen-bond acceptors (Lipinski definition) is 3. The van der Waals surface area contributed by atoms with E-state index in [0.29, 0.717) is 5.56 Å². The monoisotopic (exact) mass is 170 g/mol. The normalized spacial score (nSPS) is 9.75. The Labute approximate surface area is 92.6 Å². The summed E-state index contributed by atoms with van der Waals surface area (Å²) in [6.45, 7) is 0. The molecule has 0 saturated carbocycles. The van der Waals surface area contributed by atoms with Crippen molar-refractivity contribution < 1.29 is 5.21 Å². The zero-order valence-corrected chi connectivity index (χ0v) is 5.73. The van der Waals surface area contributed by atoms with Crippen molar-refractivity contribution in [2.75, 3.05) is 0 Å². The Morgan fingerprint density at radius 3 is 2.33 bits per heavy atom. The first kappa shape index (κ1) is 11.2. The summed E-state index contributed by atoms with van der Waals surface area (Å²) in [7, 11) is 0. The first-order valence-electron chi connectivity index (χ1n) is 3.06. The number of benzene rings is 1. The maximum atomic E-state index is 8.44. The van der Waals surface area contributed by atoms with Crippen LogP contribution in [0.5, 0.6) is 0 Å². The van der Waals surface area contributed by atoms with Crippen molar-refractivity contribution in [3.05, 3.63) is 35.9 Å². The Hall–Kier alpha value is -0.820. The van der Waals surface area contributed by atoms with Crippen molar-refractivity contribution in [3.8, 4) is 6.07 Å². The van der Waals surface area contributed by atoms with Crippen molar-refractivity contribution >= 4 is 35.3 Å². The molecule has 1 N–H and O–H groups in total. The van der Waals surface area contributed by atoms with Crippen LogP contribution in [0.4, 0.5) is 0 Å². The predicted molar refractivity (Wildman–Crippen MR) is 47.5 cm³/mol. The van der Waals surface area contributed by atoms with Gasteiger partial charge in [0.15, 0.2) is 5.71 Å². The molecule has 0 aromatic heterocycles. The topological polar surface area (TPSA) is 56.4 Å². The fraction of sp³-hybridized carbons (Fsp3) is 0. The van der Waals surface area contributed by atoms with E-state index in [1.54, 1.807) is 30.3 Å². The number of rotatable bonds is 1. The van der Waals surface area contributed by atoms with E-state index in [4.69, 9.17) is 10.5 Å². The van der Waals surface area contributed by atoms with Gasteiger partial charge in [-0.3, -0.25) is 0 Å². The molecule has 0 aliphatic heterocycles. The van der Waals surface area contributed by atoms with Crippen LogP contribution in [-0.2, 0) is 0 Å². The standard InChI is InChI=1S/C8H6N2O.Na.H/c9-6-8(10-11)7-4-2-1-3-5-7;;/h1-5,11H;;. The summed E-state index contributed by atoms with van der Waals surface area (Å²) in [6, 6.07) is 10.6. The minimum atomic E-state index is 0. The van der Waals surface area contributed by atoms with Crippen LogP contribution < -0.4 is 0 Å². The molecule has 56 valence electrons. The van der Waals surface area contributed by atoms with Crippen LogP contribution in [0.2, 0.25) is 0 Å². The van der Waals surface area contributed by atoms with E-state index in [9.17, 15) is 0 Å². The molecule has 0 aliphatic rings. The second-order valence-electron chi connectivity index (χ2n) is 1.93. The van der Waals surface area contributed by atoms with Gasteiger partial charge in [-0.15, -0.1) is 0 Å². The Morgan fingerprint density at radius 1 is 1.33 bits per heavy atom.